The van der Waals surface area contributed by atoms with E-state index in [1.165, 1.54) is 6.92 Å². The SMILES string of the molecule is CC(=O)c1ccccc1NC(=S)Nc1c[nH]c2ccccc12. The van der Waals surface area contributed by atoms with E-state index < -0.39 is 0 Å². The van der Waals surface area contributed by atoms with E-state index in [-0.39, 0.29) is 5.78 Å². The summed E-state index contributed by atoms with van der Waals surface area (Å²) in [4.78, 5) is 14.8. The van der Waals surface area contributed by atoms with Gasteiger partial charge in [0.25, 0.3) is 0 Å². The predicted molar refractivity (Wildman–Crippen MR) is 94.6 cm³/mol. The number of thiocarbonyl (C=S) groups is 1. The van der Waals surface area contributed by atoms with Gasteiger partial charge in [-0.15, -0.1) is 0 Å². The number of Topliss-reactive ketones (excluding diaryl/α,β-unsaturated/α-hetero) is 1. The first-order valence-corrected chi connectivity index (χ1v) is 7.30. The zero-order chi connectivity index (χ0) is 15.5. The summed E-state index contributed by atoms with van der Waals surface area (Å²) >= 11 is 5.35. The highest BCUT2D eigenvalue weighted by molar-refractivity contribution is 7.80. The average Bonchev–Trinajstić information content (AvgIpc) is 2.91. The maximum absolute atomic E-state index is 11.6. The quantitative estimate of drug-likeness (QED) is 0.502. The van der Waals surface area contributed by atoms with Crippen molar-refractivity contribution in [2.75, 3.05) is 10.6 Å². The number of hydrogen-bond acceptors (Lipinski definition) is 2. The number of ketones is 1. The number of para-hydroxylation sites is 2. The number of hydrogen-bond donors (Lipinski definition) is 3. The van der Waals surface area contributed by atoms with Crippen LogP contribution in [0.5, 0.6) is 0 Å². The molecule has 0 unspecified atom stereocenters. The lowest BCUT2D eigenvalue weighted by Crippen LogP contribution is -2.20. The maximum Gasteiger partial charge on any atom is 0.175 e. The summed E-state index contributed by atoms with van der Waals surface area (Å²) in [5.41, 5.74) is 3.25. The topological polar surface area (TPSA) is 56.9 Å². The number of aromatic amines is 1. The van der Waals surface area contributed by atoms with Crippen molar-refractivity contribution >= 4 is 45.4 Å². The first-order chi connectivity index (χ1) is 10.6. The first kappa shape index (κ1) is 14.3. The Kier molecular flexibility index (Phi) is 3.89. The molecule has 0 aliphatic heterocycles. The van der Waals surface area contributed by atoms with Crippen LogP contribution in [0.25, 0.3) is 10.9 Å². The zero-order valence-electron chi connectivity index (χ0n) is 12.0. The lowest BCUT2D eigenvalue weighted by atomic mass is 10.1. The third-order valence-electron chi connectivity index (χ3n) is 3.39. The molecule has 0 radical (unpaired) electrons. The molecule has 1 heterocycles. The molecule has 1 aromatic heterocycles. The number of aromatic nitrogens is 1. The van der Waals surface area contributed by atoms with Crippen LogP contribution < -0.4 is 10.6 Å². The molecule has 0 fully saturated rings. The molecular weight excluding hydrogens is 294 g/mol. The Hall–Kier alpha value is -2.66. The normalized spacial score (nSPS) is 10.4. The number of carbonyl (C=O) groups excluding carboxylic acids is 1. The van der Waals surface area contributed by atoms with Crippen LogP contribution in [-0.4, -0.2) is 15.9 Å². The molecule has 3 N–H and O–H groups in total. The Morgan fingerprint density at radius 2 is 1.68 bits per heavy atom. The van der Waals surface area contributed by atoms with E-state index in [9.17, 15) is 4.79 Å². The van der Waals surface area contributed by atoms with Gasteiger partial charge in [-0.3, -0.25) is 4.79 Å². The standard InChI is InChI=1S/C17H15N3OS/c1-11(21)12-6-2-5-9-15(12)19-17(22)20-16-10-18-14-8-4-3-7-13(14)16/h2-10,18H,1H3,(H2,19,20,22). The van der Waals surface area contributed by atoms with Crippen molar-refractivity contribution in [3.8, 4) is 0 Å². The van der Waals surface area contributed by atoms with Crippen LogP contribution in [0.1, 0.15) is 17.3 Å². The van der Waals surface area contributed by atoms with Gasteiger partial charge in [0.1, 0.15) is 0 Å². The average molecular weight is 309 g/mol. The Bertz CT molecular complexity index is 854. The van der Waals surface area contributed by atoms with E-state index in [1.807, 2.05) is 48.7 Å². The van der Waals surface area contributed by atoms with E-state index in [4.69, 9.17) is 12.2 Å². The Balaban J connectivity index is 1.80. The molecule has 0 spiro atoms. The second-order valence-electron chi connectivity index (χ2n) is 4.93. The molecule has 2 aromatic carbocycles. The minimum absolute atomic E-state index is 0.00186. The van der Waals surface area contributed by atoms with Crippen molar-refractivity contribution in [2.24, 2.45) is 0 Å². The molecule has 0 bridgehead atoms. The minimum atomic E-state index is -0.00186. The number of rotatable bonds is 3. The van der Waals surface area contributed by atoms with Gasteiger partial charge in [-0.2, -0.15) is 0 Å². The van der Waals surface area contributed by atoms with Gasteiger partial charge in [0.2, 0.25) is 0 Å². The van der Waals surface area contributed by atoms with Gasteiger partial charge in [0.15, 0.2) is 10.9 Å². The second kappa shape index (κ2) is 5.99. The highest BCUT2D eigenvalue weighted by Crippen LogP contribution is 2.23. The van der Waals surface area contributed by atoms with Crippen molar-refractivity contribution < 1.29 is 4.79 Å². The summed E-state index contributed by atoms with van der Waals surface area (Å²) in [6, 6.07) is 15.3. The number of benzene rings is 2. The fourth-order valence-electron chi connectivity index (χ4n) is 2.35. The van der Waals surface area contributed by atoms with E-state index in [2.05, 4.69) is 15.6 Å². The number of fused-ring (bicyclic) bond motifs is 1. The number of H-pyrrole nitrogens is 1. The van der Waals surface area contributed by atoms with Crippen molar-refractivity contribution in [2.45, 2.75) is 6.92 Å². The van der Waals surface area contributed by atoms with Crippen molar-refractivity contribution in [3.63, 3.8) is 0 Å². The van der Waals surface area contributed by atoms with Gasteiger partial charge in [-0.1, -0.05) is 30.3 Å². The van der Waals surface area contributed by atoms with Crippen molar-refractivity contribution in [3.05, 3.63) is 60.3 Å². The molecule has 5 heteroatoms. The Morgan fingerprint density at radius 1 is 1.00 bits per heavy atom. The number of anilines is 2. The number of nitrogens with one attached hydrogen (secondary N) is 3. The molecule has 110 valence electrons. The summed E-state index contributed by atoms with van der Waals surface area (Å²) in [5.74, 6) is -0.00186. The van der Waals surface area contributed by atoms with Gasteiger partial charge in [-0.05, 0) is 37.3 Å². The zero-order valence-corrected chi connectivity index (χ0v) is 12.8. The maximum atomic E-state index is 11.6. The van der Waals surface area contributed by atoms with Crippen LogP contribution in [0.2, 0.25) is 0 Å². The predicted octanol–water partition coefficient (Wildman–Crippen LogP) is 4.18. The van der Waals surface area contributed by atoms with Gasteiger partial charge < -0.3 is 15.6 Å². The minimum Gasteiger partial charge on any atom is -0.359 e. The Labute approximate surface area is 133 Å². The molecule has 22 heavy (non-hydrogen) atoms. The van der Waals surface area contributed by atoms with Crippen LogP contribution in [0.4, 0.5) is 11.4 Å². The van der Waals surface area contributed by atoms with Gasteiger partial charge >= 0.3 is 0 Å². The molecular formula is C17H15N3OS. The first-order valence-electron chi connectivity index (χ1n) is 6.89. The largest absolute Gasteiger partial charge is 0.359 e. The van der Waals surface area contributed by atoms with E-state index in [1.54, 1.807) is 6.07 Å². The smallest absolute Gasteiger partial charge is 0.175 e. The van der Waals surface area contributed by atoms with Gasteiger partial charge in [0.05, 0.1) is 11.4 Å². The third-order valence-corrected chi connectivity index (χ3v) is 3.60. The molecule has 0 aliphatic carbocycles. The van der Waals surface area contributed by atoms with Gasteiger partial charge in [0, 0.05) is 22.7 Å². The summed E-state index contributed by atoms with van der Waals surface area (Å²) in [6.07, 6.45) is 1.87. The van der Waals surface area contributed by atoms with E-state index >= 15 is 0 Å². The molecule has 0 amide bonds. The van der Waals surface area contributed by atoms with Crippen LogP contribution in [0.15, 0.2) is 54.7 Å². The second-order valence-corrected chi connectivity index (χ2v) is 5.34. The van der Waals surface area contributed by atoms with Gasteiger partial charge in [-0.25, -0.2) is 0 Å². The molecule has 3 rings (SSSR count). The van der Waals surface area contributed by atoms with Crippen molar-refractivity contribution in [1.82, 2.24) is 4.98 Å². The fourth-order valence-corrected chi connectivity index (χ4v) is 2.57. The molecule has 0 saturated carbocycles. The lowest BCUT2D eigenvalue weighted by Gasteiger charge is -2.12. The Morgan fingerprint density at radius 3 is 2.50 bits per heavy atom. The van der Waals surface area contributed by atoms with Crippen LogP contribution in [-0.2, 0) is 0 Å². The summed E-state index contributed by atoms with van der Waals surface area (Å²) in [5, 5.41) is 7.74. The highest BCUT2D eigenvalue weighted by Gasteiger charge is 2.09. The fraction of sp³-hybridized carbons (Fsp3) is 0.0588. The third kappa shape index (κ3) is 2.84. The summed E-state index contributed by atoms with van der Waals surface area (Å²) in [6.45, 7) is 1.54. The number of carbonyl (C=O) groups is 1. The van der Waals surface area contributed by atoms with E-state index in [0.717, 1.165) is 16.6 Å². The molecule has 0 saturated heterocycles. The summed E-state index contributed by atoms with van der Waals surface area (Å²) < 4.78 is 0. The monoisotopic (exact) mass is 309 g/mol. The molecule has 3 aromatic rings. The molecule has 4 nitrogen and oxygen atoms in total. The summed E-state index contributed by atoms with van der Waals surface area (Å²) in [7, 11) is 0. The van der Waals surface area contributed by atoms with Crippen LogP contribution >= 0.6 is 12.2 Å². The van der Waals surface area contributed by atoms with Crippen molar-refractivity contribution in [1.29, 1.82) is 0 Å². The van der Waals surface area contributed by atoms with E-state index in [0.29, 0.717) is 16.4 Å². The van der Waals surface area contributed by atoms with Crippen LogP contribution in [0.3, 0.4) is 0 Å². The highest BCUT2D eigenvalue weighted by atomic mass is 32.1. The lowest BCUT2D eigenvalue weighted by molar-refractivity contribution is 0.101. The molecule has 0 aliphatic rings. The molecule has 0 atom stereocenters. The van der Waals surface area contributed by atoms with Crippen LogP contribution in [0, 0.1) is 0 Å².